The van der Waals surface area contributed by atoms with Crippen LogP contribution in [0.25, 0.3) is 10.2 Å². The number of nitrogens with zero attached hydrogens (tertiary/aromatic N) is 3. The fourth-order valence-corrected chi connectivity index (χ4v) is 7.06. The minimum Gasteiger partial charge on any atom is -0.494 e. The van der Waals surface area contributed by atoms with Crippen LogP contribution in [0, 0.1) is 0 Å². The number of hydrogen-bond donors (Lipinski definition) is 0. The highest BCUT2D eigenvalue weighted by atomic mass is 32.2. The lowest BCUT2D eigenvalue weighted by Gasteiger charge is -2.23. The molecular formula is C27H35N3O5S2. The van der Waals surface area contributed by atoms with Gasteiger partial charge in [0.15, 0.2) is 5.13 Å². The molecule has 1 fully saturated rings. The van der Waals surface area contributed by atoms with Gasteiger partial charge in [0.05, 0.1) is 34.4 Å². The van der Waals surface area contributed by atoms with Crippen molar-refractivity contribution in [3.05, 3.63) is 48.0 Å². The summed E-state index contributed by atoms with van der Waals surface area (Å²) in [6, 6.07) is 11.9. The quantitative estimate of drug-likeness (QED) is 0.306. The van der Waals surface area contributed by atoms with E-state index < -0.39 is 10.0 Å². The first-order valence-corrected chi connectivity index (χ1v) is 15.2. The van der Waals surface area contributed by atoms with Gasteiger partial charge in [-0.2, -0.15) is 4.31 Å². The lowest BCUT2D eigenvalue weighted by molar-refractivity contribution is 0.0917. The molecule has 1 aromatic heterocycles. The molecular weight excluding hydrogens is 510 g/mol. The van der Waals surface area contributed by atoms with Gasteiger partial charge in [-0.3, -0.25) is 9.69 Å². The van der Waals surface area contributed by atoms with Crippen LogP contribution in [0.2, 0.25) is 0 Å². The van der Waals surface area contributed by atoms with Crippen LogP contribution in [0.4, 0.5) is 5.13 Å². The Labute approximate surface area is 223 Å². The van der Waals surface area contributed by atoms with Crippen molar-refractivity contribution in [1.82, 2.24) is 9.29 Å². The van der Waals surface area contributed by atoms with E-state index >= 15 is 0 Å². The molecule has 0 N–H and O–H groups in total. The zero-order valence-corrected chi connectivity index (χ0v) is 23.3. The third-order valence-corrected chi connectivity index (χ3v) is 9.18. The van der Waals surface area contributed by atoms with E-state index in [1.54, 1.807) is 17.0 Å². The molecule has 2 heterocycles. The molecule has 0 spiro atoms. The predicted molar refractivity (Wildman–Crippen MR) is 147 cm³/mol. The maximum Gasteiger partial charge on any atom is 0.260 e. The average Bonchev–Trinajstić information content (AvgIpc) is 3.56. The number of ether oxygens (including phenoxy) is 2. The number of carbonyl (C=O) groups excluding carboxylic acids is 1. The number of amides is 1. The highest BCUT2D eigenvalue weighted by molar-refractivity contribution is 7.89. The standard InChI is InChI=1S/C27H35N3O5S2/c1-4-15-29(16-5-2)37(32,33)23-12-9-20(10-13-23)26(31)30(19-22-8-7-17-35-22)27-28-24-14-11-21(34-6-3)18-25(24)36-27/h9-14,18,22H,4-8,15-17,19H2,1-3H3. The molecule has 1 atom stereocenters. The van der Waals surface area contributed by atoms with Crippen LogP contribution < -0.4 is 9.64 Å². The van der Waals surface area contributed by atoms with Gasteiger partial charge in [-0.1, -0.05) is 25.2 Å². The summed E-state index contributed by atoms with van der Waals surface area (Å²) in [4.78, 5) is 20.3. The van der Waals surface area contributed by atoms with Gasteiger partial charge in [0, 0.05) is 25.3 Å². The van der Waals surface area contributed by atoms with Gasteiger partial charge in [-0.15, -0.1) is 0 Å². The van der Waals surface area contributed by atoms with E-state index in [0.29, 0.717) is 43.5 Å². The first-order chi connectivity index (χ1) is 17.9. The van der Waals surface area contributed by atoms with Gasteiger partial charge in [0.2, 0.25) is 10.0 Å². The van der Waals surface area contributed by atoms with Crippen LogP contribution in [0.3, 0.4) is 0 Å². The normalized spacial score (nSPS) is 15.9. The minimum absolute atomic E-state index is 0.0637. The number of thiazole rings is 1. The average molecular weight is 546 g/mol. The van der Waals surface area contributed by atoms with Crippen molar-refractivity contribution in [1.29, 1.82) is 0 Å². The van der Waals surface area contributed by atoms with Crippen LogP contribution in [-0.4, -0.2) is 62.6 Å². The maximum atomic E-state index is 13.7. The van der Waals surface area contributed by atoms with Gasteiger partial charge in [0.1, 0.15) is 5.75 Å². The molecule has 0 radical (unpaired) electrons. The number of carbonyl (C=O) groups is 1. The third-order valence-electron chi connectivity index (χ3n) is 6.23. The highest BCUT2D eigenvalue weighted by Crippen LogP contribution is 2.33. The number of rotatable bonds is 12. The molecule has 1 aliphatic rings. The molecule has 1 amide bonds. The first kappa shape index (κ1) is 27.5. The summed E-state index contributed by atoms with van der Waals surface area (Å²) < 4.78 is 40.2. The first-order valence-electron chi connectivity index (χ1n) is 12.9. The van der Waals surface area contributed by atoms with Crippen molar-refractivity contribution < 1.29 is 22.7 Å². The number of hydrogen-bond acceptors (Lipinski definition) is 7. The Kier molecular flexibility index (Phi) is 9.17. The van der Waals surface area contributed by atoms with Crippen LogP contribution in [0.15, 0.2) is 47.4 Å². The Morgan fingerprint density at radius 1 is 1.11 bits per heavy atom. The summed E-state index contributed by atoms with van der Waals surface area (Å²) in [5, 5.41) is 0.581. The second-order valence-corrected chi connectivity index (χ2v) is 12.0. The van der Waals surface area contributed by atoms with Gasteiger partial charge in [-0.25, -0.2) is 13.4 Å². The van der Waals surface area contributed by atoms with Gasteiger partial charge < -0.3 is 9.47 Å². The molecule has 1 unspecified atom stereocenters. The molecule has 0 saturated carbocycles. The summed E-state index contributed by atoms with van der Waals surface area (Å²) in [6.45, 7) is 8.43. The van der Waals surface area contributed by atoms with Crippen molar-refractivity contribution >= 4 is 42.6 Å². The molecule has 1 saturated heterocycles. The second kappa shape index (κ2) is 12.3. The number of anilines is 1. The third kappa shape index (κ3) is 6.31. The van der Waals surface area contributed by atoms with Crippen molar-refractivity contribution in [3.63, 3.8) is 0 Å². The van der Waals surface area contributed by atoms with Crippen LogP contribution in [-0.2, 0) is 14.8 Å². The Balaban J connectivity index is 1.63. The number of fused-ring (bicyclic) bond motifs is 1. The van der Waals surface area contributed by atoms with Crippen molar-refractivity contribution in [2.24, 2.45) is 0 Å². The Bertz CT molecular complexity index is 1300. The molecule has 0 bridgehead atoms. The summed E-state index contributed by atoms with van der Waals surface area (Å²) >= 11 is 1.43. The molecule has 2 aromatic carbocycles. The molecule has 3 aromatic rings. The second-order valence-electron chi connectivity index (χ2n) is 9.04. The van der Waals surface area contributed by atoms with Crippen LogP contribution >= 0.6 is 11.3 Å². The SMILES string of the molecule is CCCN(CCC)S(=O)(=O)c1ccc(C(=O)N(CC2CCCO2)c2nc3ccc(OCC)cc3s2)cc1. The fraction of sp³-hybridized carbons (Fsp3) is 0.481. The summed E-state index contributed by atoms with van der Waals surface area (Å²) in [5.74, 6) is 0.529. The summed E-state index contributed by atoms with van der Waals surface area (Å²) in [6.07, 6.45) is 3.25. The van der Waals surface area contributed by atoms with Gasteiger partial charge in [0.25, 0.3) is 5.91 Å². The predicted octanol–water partition coefficient (Wildman–Crippen LogP) is 5.33. The summed E-state index contributed by atoms with van der Waals surface area (Å²) in [5.41, 5.74) is 1.20. The van der Waals surface area contributed by atoms with Crippen molar-refractivity contribution in [3.8, 4) is 5.75 Å². The fourth-order valence-electron chi connectivity index (χ4n) is 4.43. The molecule has 4 rings (SSSR count). The highest BCUT2D eigenvalue weighted by Gasteiger charge is 2.28. The van der Waals surface area contributed by atoms with E-state index in [4.69, 9.17) is 14.5 Å². The van der Waals surface area contributed by atoms with E-state index in [1.807, 2.05) is 39.0 Å². The zero-order chi connectivity index (χ0) is 26.4. The Hall–Kier alpha value is -2.53. The van der Waals surface area contributed by atoms with Gasteiger partial charge >= 0.3 is 0 Å². The molecule has 200 valence electrons. The smallest absolute Gasteiger partial charge is 0.260 e. The lowest BCUT2D eigenvalue weighted by atomic mass is 10.2. The maximum absolute atomic E-state index is 13.7. The van der Waals surface area contributed by atoms with Crippen LogP contribution in [0.1, 0.15) is 56.8 Å². The molecule has 8 nitrogen and oxygen atoms in total. The Morgan fingerprint density at radius 3 is 2.46 bits per heavy atom. The van der Waals surface area contributed by atoms with E-state index in [9.17, 15) is 13.2 Å². The van der Waals surface area contributed by atoms with E-state index in [2.05, 4.69) is 0 Å². The minimum atomic E-state index is -3.62. The van der Waals surface area contributed by atoms with E-state index in [1.165, 1.54) is 27.8 Å². The monoisotopic (exact) mass is 545 g/mol. The Morgan fingerprint density at radius 2 is 1.84 bits per heavy atom. The van der Waals surface area contributed by atoms with E-state index in [0.717, 1.165) is 41.6 Å². The number of sulfonamides is 1. The molecule has 0 aliphatic carbocycles. The summed E-state index contributed by atoms with van der Waals surface area (Å²) in [7, 11) is -3.62. The molecule has 1 aliphatic heterocycles. The zero-order valence-electron chi connectivity index (χ0n) is 21.7. The van der Waals surface area contributed by atoms with Gasteiger partial charge in [-0.05, 0) is 75.1 Å². The van der Waals surface area contributed by atoms with E-state index in [-0.39, 0.29) is 16.9 Å². The van der Waals surface area contributed by atoms with Crippen molar-refractivity contribution in [2.75, 3.05) is 37.7 Å². The lowest BCUT2D eigenvalue weighted by Crippen LogP contribution is -2.37. The van der Waals surface area contributed by atoms with Crippen molar-refractivity contribution in [2.45, 2.75) is 57.5 Å². The molecule has 37 heavy (non-hydrogen) atoms. The van der Waals surface area contributed by atoms with Crippen LogP contribution in [0.5, 0.6) is 5.75 Å². The topological polar surface area (TPSA) is 89.0 Å². The molecule has 10 heteroatoms. The largest absolute Gasteiger partial charge is 0.494 e. The number of aromatic nitrogens is 1. The number of benzene rings is 2.